The van der Waals surface area contributed by atoms with Crippen molar-refractivity contribution in [2.45, 2.75) is 6.42 Å². The summed E-state index contributed by atoms with van der Waals surface area (Å²) in [5, 5.41) is 12.0. The molecule has 0 spiro atoms. The van der Waals surface area contributed by atoms with Crippen molar-refractivity contribution in [1.29, 1.82) is 0 Å². The molecule has 0 amide bonds. The van der Waals surface area contributed by atoms with E-state index in [-0.39, 0.29) is 0 Å². The lowest BCUT2D eigenvalue weighted by atomic mass is 10.1. The number of benzene rings is 1. The highest BCUT2D eigenvalue weighted by atomic mass is 35.5. The summed E-state index contributed by atoms with van der Waals surface area (Å²) >= 11 is 5.91. The van der Waals surface area contributed by atoms with Gasteiger partial charge in [0.25, 0.3) is 0 Å². The molecule has 1 rings (SSSR count). The lowest BCUT2D eigenvalue weighted by molar-refractivity contribution is 0.322. The average molecular weight is 196 g/mol. The number of hydrogen-bond acceptors (Lipinski definition) is 2. The number of rotatable bonds is 3. The Morgan fingerprint density at radius 1 is 1.54 bits per heavy atom. The fraction of sp³-hybridized carbons (Fsp3) is 0.100. The third-order valence-electron chi connectivity index (χ3n) is 1.69. The van der Waals surface area contributed by atoms with Crippen LogP contribution in [0.25, 0.3) is 0 Å². The summed E-state index contributed by atoms with van der Waals surface area (Å²) in [6.45, 7) is 3.64. The van der Waals surface area contributed by atoms with E-state index in [1.54, 1.807) is 12.1 Å². The molecule has 3 heteroatoms. The van der Waals surface area contributed by atoms with Crippen molar-refractivity contribution < 1.29 is 5.21 Å². The minimum absolute atomic E-state index is 0.581. The molecule has 0 aliphatic heterocycles. The van der Waals surface area contributed by atoms with Gasteiger partial charge in [0.1, 0.15) is 0 Å². The van der Waals surface area contributed by atoms with Crippen molar-refractivity contribution in [2.24, 2.45) is 5.16 Å². The molecule has 0 aromatic heterocycles. The van der Waals surface area contributed by atoms with Crippen LogP contribution in [0.3, 0.4) is 0 Å². The van der Waals surface area contributed by atoms with E-state index in [2.05, 4.69) is 11.7 Å². The lowest BCUT2D eigenvalue weighted by Gasteiger charge is -2.03. The summed E-state index contributed by atoms with van der Waals surface area (Å²) in [6, 6.07) is 5.53. The van der Waals surface area contributed by atoms with Crippen LogP contribution in [0.5, 0.6) is 0 Å². The molecule has 0 saturated carbocycles. The van der Waals surface area contributed by atoms with E-state index in [1.807, 2.05) is 12.1 Å². The highest BCUT2D eigenvalue weighted by Gasteiger charge is 2.02. The summed E-state index contributed by atoms with van der Waals surface area (Å²) in [4.78, 5) is 0. The zero-order chi connectivity index (χ0) is 9.68. The largest absolute Gasteiger partial charge is 0.411 e. The van der Waals surface area contributed by atoms with Crippen molar-refractivity contribution in [3.63, 3.8) is 0 Å². The van der Waals surface area contributed by atoms with E-state index < -0.39 is 0 Å². The van der Waals surface area contributed by atoms with Gasteiger partial charge in [-0.3, -0.25) is 0 Å². The van der Waals surface area contributed by atoms with Gasteiger partial charge in [-0.15, -0.1) is 6.58 Å². The maximum absolute atomic E-state index is 8.42. The van der Waals surface area contributed by atoms with E-state index in [0.29, 0.717) is 11.4 Å². The minimum Gasteiger partial charge on any atom is -0.411 e. The summed E-state index contributed by atoms with van der Waals surface area (Å²) in [6.07, 6.45) is 3.82. The molecular formula is C10H10ClNO. The molecule has 0 atom stereocenters. The van der Waals surface area contributed by atoms with Crippen LogP contribution in [0, 0.1) is 0 Å². The number of oxime groups is 1. The zero-order valence-electron chi connectivity index (χ0n) is 7.07. The predicted molar refractivity (Wildman–Crippen MR) is 54.7 cm³/mol. The van der Waals surface area contributed by atoms with Crippen molar-refractivity contribution >= 4 is 17.8 Å². The first-order valence-corrected chi connectivity index (χ1v) is 4.23. The monoisotopic (exact) mass is 195 g/mol. The first kappa shape index (κ1) is 9.81. The fourth-order valence-corrected chi connectivity index (χ4v) is 1.36. The Labute approximate surface area is 82.1 Å². The molecule has 13 heavy (non-hydrogen) atoms. The van der Waals surface area contributed by atoms with Crippen molar-refractivity contribution in [2.75, 3.05) is 0 Å². The molecule has 68 valence electrons. The summed E-state index contributed by atoms with van der Waals surface area (Å²) < 4.78 is 0. The molecule has 0 heterocycles. The third kappa shape index (κ3) is 2.33. The molecule has 0 unspecified atom stereocenters. The molecule has 0 fully saturated rings. The van der Waals surface area contributed by atoms with Gasteiger partial charge in [0.05, 0.1) is 6.21 Å². The molecule has 1 aromatic carbocycles. The van der Waals surface area contributed by atoms with E-state index in [4.69, 9.17) is 16.8 Å². The van der Waals surface area contributed by atoms with Gasteiger partial charge in [-0.05, 0) is 18.1 Å². The molecule has 0 saturated heterocycles. The first-order valence-electron chi connectivity index (χ1n) is 3.85. The lowest BCUT2D eigenvalue weighted by Crippen LogP contribution is -1.92. The Kier molecular flexibility index (Phi) is 3.53. The highest BCUT2D eigenvalue weighted by Crippen LogP contribution is 2.18. The Bertz CT molecular complexity index is 334. The van der Waals surface area contributed by atoms with Gasteiger partial charge in [-0.2, -0.15) is 0 Å². The first-order chi connectivity index (χ1) is 6.29. The molecule has 0 bridgehead atoms. The van der Waals surface area contributed by atoms with E-state index in [0.717, 1.165) is 11.1 Å². The number of halogens is 1. The predicted octanol–water partition coefficient (Wildman–Crippen LogP) is 2.88. The van der Waals surface area contributed by atoms with Crippen LogP contribution < -0.4 is 0 Å². The Morgan fingerprint density at radius 3 is 2.92 bits per heavy atom. The summed E-state index contributed by atoms with van der Waals surface area (Å²) in [7, 11) is 0. The standard InChI is InChI=1S/C10H10ClNO/c1-2-4-8-5-3-6-10(11)9(8)7-12-13/h2-3,5-7,13H,1,4H2/b12-7+. The van der Waals surface area contributed by atoms with Gasteiger partial charge in [0.15, 0.2) is 0 Å². The minimum atomic E-state index is 0.581. The van der Waals surface area contributed by atoms with Gasteiger partial charge >= 0.3 is 0 Å². The molecule has 1 aromatic rings. The second-order valence-corrected chi connectivity index (χ2v) is 2.96. The number of nitrogens with zero attached hydrogens (tertiary/aromatic N) is 1. The molecule has 2 nitrogen and oxygen atoms in total. The van der Waals surface area contributed by atoms with Crippen LogP contribution in [-0.2, 0) is 6.42 Å². The maximum Gasteiger partial charge on any atom is 0.0751 e. The second kappa shape index (κ2) is 4.67. The molecule has 0 aliphatic rings. The van der Waals surface area contributed by atoms with Crippen LogP contribution >= 0.6 is 11.6 Å². The summed E-state index contributed by atoms with van der Waals surface area (Å²) in [5.41, 5.74) is 1.74. The number of allylic oxidation sites excluding steroid dienone is 1. The SMILES string of the molecule is C=CCc1cccc(Cl)c1/C=N/O. The van der Waals surface area contributed by atoms with E-state index >= 15 is 0 Å². The Balaban J connectivity index is 3.16. The highest BCUT2D eigenvalue weighted by molar-refractivity contribution is 6.33. The van der Waals surface area contributed by atoms with Crippen molar-refractivity contribution in [1.82, 2.24) is 0 Å². The van der Waals surface area contributed by atoms with E-state index in [9.17, 15) is 0 Å². The van der Waals surface area contributed by atoms with Gasteiger partial charge in [0, 0.05) is 10.6 Å². The van der Waals surface area contributed by atoms with Crippen LogP contribution in [0.15, 0.2) is 36.0 Å². The van der Waals surface area contributed by atoms with Crippen LogP contribution in [0.4, 0.5) is 0 Å². The zero-order valence-corrected chi connectivity index (χ0v) is 7.83. The van der Waals surface area contributed by atoms with Gasteiger partial charge < -0.3 is 5.21 Å². The summed E-state index contributed by atoms with van der Waals surface area (Å²) in [5.74, 6) is 0. The Morgan fingerprint density at radius 2 is 2.31 bits per heavy atom. The van der Waals surface area contributed by atoms with E-state index in [1.165, 1.54) is 6.21 Å². The Hall–Kier alpha value is -1.28. The quantitative estimate of drug-likeness (QED) is 0.342. The van der Waals surface area contributed by atoms with Crippen molar-refractivity contribution in [3.8, 4) is 0 Å². The topological polar surface area (TPSA) is 32.6 Å². The van der Waals surface area contributed by atoms with Crippen molar-refractivity contribution in [3.05, 3.63) is 47.0 Å². The molecule has 0 radical (unpaired) electrons. The normalized spacial score (nSPS) is 10.5. The van der Waals surface area contributed by atoms with Gasteiger partial charge in [0.2, 0.25) is 0 Å². The number of hydrogen-bond donors (Lipinski definition) is 1. The van der Waals surface area contributed by atoms with Crippen LogP contribution in [-0.4, -0.2) is 11.4 Å². The van der Waals surface area contributed by atoms with Crippen LogP contribution in [0.1, 0.15) is 11.1 Å². The molecule has 0 aliphatic carbocycles. The third-order valence-corrected chi connectivity index (χ3v) is 2.02. The average Bonchev–Trinajstić information content (AvgIpc) is 2.11. The smallest absolute Gasteiger partial charge is 0.0751 e. The molecule has 1 N–H and O–H groups in total. The van der Waals surface area contributed by atoms with Crippen LogP contribution in [0.2, 0.25) is 5.02 Å². The fourth-order valence-electron chi connectivity index (χ4n) is 1.12. The van der Waals surface area contributed by atoms with Gasteiger partial charge in [-0.1, -0.05) is 35.0 Å². The molecular weight excluding hydrogens is 186 g/mol. The van der Waals surface area contributed by atoms with Gasteiger partial charge in [-0.25, -0.2) is 0 Å². The second-order valence-electron chi connectivity index (χ2n) is 2.55. The maximum atomic E-state index is 8.42.